The first-order chi connectivity index (χ1) is 18.8. The van der Waals surface area contributed by atoms with Gasteiger partial charge in [0.2, 0.25) is 5.95 Å². The summed E-state index contributed by atoms with van der Waals surface area (Å²) in [6.07, 6.45) is 0. The Bertz CT molecular complexity index is 1500. The van der Waals surface area contributed by atoms with Crippen molar-refractivity contribution in [1.82, 2.24) is 19.3 Å². The number of imidazole rings is 1. The van der Waals surface area contributed by atoms with Gasteiger partial charge in [0.15, 0.2) is 11.5 Å². The van der Waals surface area contributed by atoms with Crippen LogP contribution in [0.2, 0.25) is 0 Å². The van der Waals surface area contributed by atoms with Gasteiger partial charge in [-0.25, -0.2) is 4.98 Å². The summed E-state index contributed by atoms with van der Waals surface area (Å²) >= 11 is 0. The van der Waals surface area contributed by atoms with E-state index in [-0.39, 0.29) is 19.1 Å². The maximum Gasteiger partial charge on any atom is 0.361 e. The molecule has 2 heterocycles. The van der Waals surface area contributed by atoms with Crippen molar-refractivity contribution in [3.05, 3.63) is 59.4 Å². The van der Waals surface area contributed by atoms with Crippen LogP contribution in [0, 0.1) is 6.92 Å². The molecular formula is C27H34N5O6P. The standard InChI is InChI=1S/C27H34N5O6P/c1-7-32-23(14-18(4)30-32)26(33)29-27-28-21-15-24(35-5)25(36-6)16-22(21)31(27)17-19-10-12-20(13-11-19)39(34,37-8-2)38-9-3/h10-16H,7-9,17H2,1-6H3,(H,28,29,33). The van der Waals surface area contributed by atoms with Crippen LogP contribution in [0.3, 0.4) is 0 Å². The van der Waals surface area contributed by atoms with Gasteiger partial charge >= 0.3 is 7.60 Å². The van der Waals surface area contributed by atoms with Crippen molar-refractivity contribution in [2.24, 2.45) is 0 Å². The van der Waals surface area contributed by atoms with Gasteiger partial charge in [-0.2, -0.15) is 5.10 Å². The maximum absolute atomic E-state index is 13.3. The van der Waals surface area contributed by atoms with Gasteiger partial charge in [0.05, 0.1) is 56.0 Å². The Morgan fingerprint density at radius 1 is 0.974 bits per heavy atom. The highest BCUT2D eigenvalue weighted by atomic mass is 31.2. The quantitative estimate of drug-likeness (QED) is 0.248. The van der Waals surface area contributed by atoms with Crippen molar-refractivity contribution in [3.8, 4) is 11.5 Å². The molecule has 208 valence electrons. The number of rotatable bonds is 12. The van der Waals surface area contributed by atoms with E-state index in [4.69, 9.17) is 23.5 Å². The fourth-order valence-electron chi connectivity index (χ4n) is 4.33. The molecule has 39 heavy (non-hydrogen) atoms. The SMILES string of the molecule is CCOP(=O)(OCC)c1ccc(Cn2c(NC(=O)c3cc(C)nn3CC)nc3cc(OC)c(OC)cc32)cc1. The molecule has 1 N–H and O–H groups in total. The van der Waals surface area contributed by atoms with Gasteiger partial charge in [0, 0.05) is 18.7 Å². The number of amides is 1. The fraction of sp³-hybridized carbons (Fsp3) is 0.370. The van der Waals surface area contributed by atoms with Crippen molar-refractivity contribution in [3.63, 3.8) is 0 Å². The molecule has 0 aliphatic carbocycles. The number of benzene rings is 2. The highest BCUT2D eigenvalue weighted by Gasteiger charge is 2.26. The van der Waals surface area contributed by atoms with Crippen molar-refractivity contribution >= 4 is 35.8 Å². The summed E-state index contributed by atoms with van der Waals surface area (Å²) in [4.78, 5) is 18.0. The zero-order valence-electron chi connectivity index (χ0n) is 23.1. The van der Waals surface area contributed by atoms with Gasteiger partial charge in [-0.1, -0.05) is 12.1 Å². The normalized spacial score (nSPS) is 11.6. The minimum atomic E-state index is -3.40. The average molecular weight is 556 g/mol. The summed E-state index contributed by atoms with van der Waals surface area (Å²) in [7, 11) is -0.282. The molecule has 11 nitrogen and oxygen atoms in total. The molecule has 0 aliphatic heterocycles. The minimum absolute atomic E-state index is 0.269. The summed E-state index contributed by atoms with van der Waals surface area (Å²) in [6.45, 7) is 8.78. The summed E-state index contributed by atoms with van der Waals surface area (Å²) in [5.74, 6) is 1.09. The van der Waals surface area contributed by atoms with E-state index in [1.165, 1.54) is 0 Å². The van der Waals surface area contributed by atoms with E-state index in [0.717, 1.165) is 16.8 Å². The Kier molecular flexibility index (Phi) is 8.74. The number of nitrogens with zero attached hydrogens (tertiary/aromatic N) is 4. The molecule has 0 saturated heterocycles. The lowest BCUT2D eigenvalue weighted by Gasteiger charge is -2.17. The number of fused-ring (bicyclic) bond motifs is 1. The second-order valence-electron chi connectivity index (χ2n) is 8.66. The molecule has 0 fully saturated rings. The summed E-state index contributed by atoms with van der Waals surface area (Å²) in [5.41, 5.74) is 3.44. The first-order valence-electron chi connectivity index (χ1n) is 12.7. The molecule has 1 amide bonds. The Hall–Kier alpha value is -3.66. The number of carbonyl (C=O) groups is 1. The zero-order chi connectivity index (χ0) is 28.2. The van der Waals surface area contributed by atoms with E-state index in [9.17, 15) is 9.36 Å². The van der Waals surface area contributed by atoms with Gasteiger partial charge < -0.3 is 23.1 Å². The molecule has 0 bridgehead atoms. The van der Waals surface area contributed by atoms with Crippen LogP contribution in [0.5, 0.6) is 11.5 Å². The van der Waals surface area contributed by atoms with Gasteiger partial charge in [0.25, 0.3) is 5.91 Å². The van der Waals surface area contributed by atoms with Crippen LogP contribution in [-0.2, 0) is 26.7 Å². The monoisotopic (exact) mass is 555 g/mol. The first kappa shape index (κ1) is 28.4. The number of anilines is 1. The van der Waals surface area contributed by atoms with E-state index in [1.54, 1.807) is 57.0 Å². The first-order valence-corrected chi connectivity index (χ1v) is 14.3. The van der Waals surface area contributed by atoms with E-state index >= 15 is 0 Å². The second kappa shape index (κ2) is 12.0. The summed E-state index contributed by atoms with van der Waals surface area (Å²) in [6, 6.07) is 12.5. The van der Waals surface area contributed by atoms with Crippen LogP contribution >= 0.6 is 7.60 Å². The van der Waals surface area contributed by atoms with Crippen molar-refractivity contribution in [1.29, 1.82) is 0 Å². The van der Waals surface area contributed by atoms with Crippen LogP contribution in [-0.4, -0.2) is 52.7 Å². The maximum atomic E-state index is 13.3. The Labute approximate surface area is 227 Å². The number of ether oxygens (including phenoxy) is 2. The number of hydrogen-bond donors (Lipinski definition) is 1. The molecule has 4 aromatic rings. The molecule has 0 saturated carbocycles. The van der Waals surface area contributed by atoms with E-state index in [0.29, 0.717) is 47.1 Å². The van der Waals surface area contributed by atoms with Crippen molar-refractivity contribution < 1.29 is 27.9 Å². The van der Waals surface area contributed by atoms with E-state index in [2.05, 4.69) is 10.4 Å². The third-order valence-electron chi connectivity index (χ3n) is 6.10. The highest BCUT2D eigenvalue weighted by molar-refractivity contribution is 7.62. The second-order valence-corrected chi connectivity index (χ2v) is 10.7. The van der Waals surface area contributed by atoms with Gasteiger partial charge in [-0.15, -0.1) is 0 Å². The van der Waals surface area contributed by atoms with Crippen LogP contribution in [0.4, 0.5) is 5.95 Å². The molecule has 4 rings (SSSR count). The Balaban J connectivity index is 1.75. The van der Waals surface area contributed by atoms with Crippen molar-refractivity contribution in [2.75, 3.05) is 32.8 Å². The van der Waals surface area contributed by atoms with Crippen LogP contribution < -0.4 is 20.1 Å². The Morgan fingerprint density at radius 2 is 1.62 bits per heavy atom. The molecule has 2 aromatic carbocycles. The lowest BCUT2D eigenvalue weighted by molar-refractivity contribution is 0.101. The predicted octanol–water partition coefficient (Wildman–Crippen LogP) is 4.77. The molecule has 0 radical (unpaired) electrons. The third kappa shape index (κ3) is 5.85. The third-order valence-corrected chi connectivity index (χ3v) is 8.23. The number of nitrogens with one attached hydrogen (secondary N) is 1. The number of hydrogen-bond acceptors (Lipinski definition) is 8. The number of aromatic nitrogens is 4. The molecule has 0 atom stereocenters. The van der Waals surface area contributed by atoms with Gasteiger partial charge in [0.1, 0.15) is 5.69 Å². The van der Waals surface area contributed by atoms with Gasteiger partial charge in [-0.05, 0) is 51.5 Å². The largest absolute Gasteiger partial charge is 0.493 e. The number of carbonyl (C=O) groups excluding carboxylic acids is 1. The van der Waals surface area contributed by atoms with Crippen LogP contribution in [0.1, 0.15) is 42.5 Å². The molecule has 0 spiro atoms. The zero-order valence-corrected chi connectivity index (χ0v) is 23.9. The molecule has 0 aliphatic rings. The molecule has 0 unspecified atom stereocenters. The average Bonchev–Trinajstić information content (AvgIpc) is 3.47. The topological polar surface area (TPSA) is 119 Å². The lowest BCUT2D eigenvalue weighted by Crippen LogP contribution is -2.20. The highest BCUT2D eigenvalue weighted by Crippen LogP contribution is 2.46. The molecule has 2 aromatic heterocycles. The minimum Gasteiger partial charge on any atom is -0.493 e. The van der Waals surface area contributed by atoms with E-state index < -0.39 is 7.60 Å². The Morgan fingerprint density at radius 3 is 2.21 bits per heavy atom. The number of methoxy groups -OCH3 is 2. The van der Waals surface area contributed by atoms with Gasteiger partial charge in [-0.3, -0.25) is 19.4 Å². The number of aryl methyl sites for hydroxylation is 2. The predicted molar refractivity (Wildman–Crippen MR) is 149 cm³/mol. The van der Waals surface area contributed by atoms with Crippen LogP contribution in [0.15, 0.2) is 42.5 Å². The molecule has 12 heteroatoms. The van der Waals surface area contributed by atoms with Crippen LogP contribution in [0.25, 0.3) is 11.0 Å². The summed E-state index contributed by atoms with van der Waals surface area (Å²) in [5, 5.41) is 7.81. The smallest absolute Gasteiger partial charge is 0.361 e. The van der Waals surface area contributed by atoms with E-state index in [1.807, 2.05) is 36.6 Å². The molecular weight excluding hydrogens is 521 g/mol. The fourth-order valence-corrected chi connectivity index (χ4v) is 5.90. The lowest BCUT2D eigenvalue weighted by atomic mass is 10.2. The summed E-state index contributed by atoms with van der Waals surface area (Å²) < 4.78 is 38.6. The van der Waals surface area contributed by atoms with Crippen molar-refractivity contribution in [2.45, 2.75) is 40.8 Å².